The Morgan fingerprint density at radius 1 is 1.47 bits per heavy atom. The molecule has 0 bridgehead atoms. The van der Waals surface area contributed by atoms with E-state index in [0.29, 0.717) is 13.2 Å². The highest BCUT2D eigenvalue weighted by atomic mass is 16.5. The van der Waals surface area contributed by atoms with E-state index >= 15 is 0 Å². The molecule has 0 unspecified atom stereocenters. The molecule has 0 saturated heterocycles. The van der Waals surface area contributed by atoms with E-state index in [1.54, 1.807) is 13.3 Å². The maximum Gasteiger partial charge on any atom is 0.307 e. The SMILES string of the molecule is COCCN(C)c1cnn(CCC(=O)OC)c(=O)c1. The van der Waals surface area contributed by atoms with Crippen LogP contribution in [0.1, 0.15) is 6.42 Å². The Labute approximate surface area is 111 Å². The Balaban J connectivity index is 2.69. The summed E-state index contributed by atoms with van der Waals surface area (Å²) in [5.74, 6) is -0.366. The van der Waals surface area contributed by atoms with Gasteiger partial charge in [0, 0.05) is 26.8 Å². The number of esters is 1. The number of carbonyl (C=O) groups excluding carboxylic acids is 1. The molecule has 106 valence electrons. The van der Waals surface area contributed by atoms with Gasteiger partial charge in [0.05, 0.1) is 38.6 Å². The maximum atomic E-state index is 11.8. The number of nitrogens with zero attached hydrogens (tertiary/aromatic N) is 3. The van der Waals surface area contributed by atoms with Crippen molar-refractivity contribution in [1.82, 2.24) is 9.78 Å². The lowest BCUT2D eigenvalue weighted by Gasteiger charge is -2.18. The van der Waals surface area contributed by atoms with Crippen LogP contribution >= 0.6 is 0 Å². The van der Waals surface area contributed by atoms with E-state index in [0.717, 1.165) is 5.69 Å². The van der Waals surface area contributed by atoms with Crippen LogP contribution in [0.25, 0.3) is 0 Å². The molecule has 0 N–H and O–H groups in total. The molecule has 0 amide bonds. The van der Waals surface area contributed by atoms with Crippen LogP contribution in [0, 0.1) is 0 Å². The molecule has 0 saturated carbocycles. The first-order valence-corrected chi connectivity index (χ1v) is 5.92. The molecule has 1 rings (SSSR count). The summed E-state index contributed by atoms with van der Waals surface area (Å²) in [6.45, 7) is 1.46. The van der Waals surface area contributed by atoms with Crippen LogP contribution in [-0.2, 0) is 20.8 Å². The van der Waals surface area contributed by atoms with Gasteiger partial charge in [0.2, 0.25) is 0 Å². The molecule has 19 heavy (non-hydrogen) atoms. The molecule has 0 aromatic carbocycles. The lowest BCUT2D eigenvalue weighted by atomic mass is 10.4. The average Bonchev–Trinajstić information content (AvgIpc) is 2.42. The molecule has 1 aromatic rings. The van der Waals surface area contributed by atoms with Gasteiger partial charge >= 0.3 is 5.97 Å². The Hall–Kier alpha value is -1.89. The number of carbonyl (C=O) groups is 1. The minimum absolute atomic E-state index is 0.127. The second-order valence-corrected chi connectivity index (χ2v) is 4.02. The first kappa shape index (κ1) is 15.2. The third-order valence-electron chi connectivity index (χ3n) is 2.68. The Kier molecular flexibility index (Phi) is 6.01. The molecule has 0 radical (unpaired) electrons. The monoisotopic (exact) mass is 269 g/mol. The van der Waals surface area contributed by atoms with Gasteiger partial charge in [0.1, 0.15) is 0 Å². The number of hydrogen-bond donors (Lipinski definition) is 0. The van der Waals surface area contributed by atoms with Gasteiger partial charge in [-0.05, 0) is 0 Å². The molecule has 0 fully saturated rings. The Bertz CT molecular complexity index is 472. The molecular formula is C12H19N3O4. The molecule has 0 aliphatic rings. The van der Waals surface area contributed by atoms with Gasteiger partial charge < -0.3 is 14.4 Å². The lowest BCUT2D eigenvalue weighted by Crippen LogP contribution is -2.28. The van der Waals surface area contributed by atoms with Gasteiger partial charge in [-0.25, -0.2) is 4.68 Å². The summed E-state index contributed by atoms with van der Waals surface area (Å²) in [6.07, 6.45) is 1.72. The molecule has 0 aliphatic heterocycles. The zero-order chi connectivity index (χ0) is 14.3. The second-order valence-electron chi connectivity index (χ2n) is 4.02. The van der Waals surface area contributed by atoms with Crippen LogP contribution in [-0.4, -0.2) is 50.2 Å². The smallest absolute Gasteiger partial charge is 0.307 e. The molecule has 7 heteroatoms. The molecule has 0 spiro atoms. The van der Waals surface area contributed by atoms with Crippen molar-refractivity contribution in [3.05, 3.63) is 22.6 Å². The van der Waals surface area contributed by atoms with Crippen LogP contribution < -0.4 is 10.5 Å². The van der Waals surface area contributed by atoms with Crippen LogP contribution in [0.2, 0.25) is 0 Å². The zero-order valence-electron chi connectivity index (χ0n) is 11.5. The molecular weight excluding hydrogens is 250 g/mol. The lowest BCUT2D eigenvalue weighted by molar-refractivity contribution is -0.140. The van der Waals surface area contributed by atoms with Crippen molar-refractivity contribution in [3.63, 3.8) is 0 Å². The van der Waals surface area contributed by atoms with E-state index in [9.17, 15) is 9.59 Å². The van der Waals surface area contributed by atoms with E-state index in [4.69, 9.17) is 4.74 Å². The number of hydrogen-bond acceptors (Lipinski definition) is 6. The molecule has 0 aliphatic carbocycles. The van der Waals surface area contributed by atoms with Gasteiger partial charge in [0.15, 0.2) is 0 Å². The van der Waals surface area contributed by atoms with Gasteiger partial charge in [-0.2, -0.15) is 5.10 Å². The third-order valence-corrected chi connectivity index (χ3v) is 2.68. The molecule has 1 heterocycles. The van der Waals surface area contributed by atoms with Gasteiger partial charge in [-0.1, -0.05) is 0 Å². The van der Waals surface area contributed by atoms with Gasteiger partial charge in [-0.15, -0.1) is 0 Å². The van der Waals surface area contributed by atoms with Crippen LogP contribution in [0.5, 0.6) is 0 Å². The van der Waals surface area contributed by atoms with Crippen molar-refractivity contribution in [3.8, 4) is 0 Å². The van der Waals surface area contributed by atoms with Crippen molar-refractivity contribution in [2.24, 2.45) is 0 Å². The van der Waals surface area contributed by atoms with Crippen LogP contribution in [0.15, 0.2) is 17.1 Å². The topological polar surface area (TPSA) is 73.7 Å². The standard InChI is InChI=1S/C12H19N3O4/c1-14(6-7-18-2)10-8-11(16)15(13-9-10)5-4-12(17)19-3/h8-9H,4-7H2,1-3H3. The zero-order valence-corrected chi connectivity index (χ0v) is 11.5. The molecule has 1 aromatic heterocycles. The average molecular weight is 269 g/mol. The van der Waals surface area contributed by atoms with Crippen molar-refractivity contribution < 1.29 is 14.3 Å². The van der Waals surface area contributed by atoms with Crippen LogP contribution in [0.4, 0.5) is 5.69 Å². The first-order chi connectivity index (χ1) is 9.08. The van der Waals surface area contributed by atoms with E-state index in [-0.39, 0.29) is 24.5 Å². The van der Waals surface area contributed by atoms with E-state index in [1.165, 1.54) is 17.9 Å². The minimum Gasteiger partial charge on any atom is -0.469 e. The first-order valence-electron chi connectivity index (χ1n) is 5.92. The van der Waals surface area contributed by atoms with Crippen molar-refractivity contribution in [2.75, 3.05) is 39.3 Å². The summed E-state index contributed by atoms with van der Waals surface area (Å²) in [5.41, 5.74) is 0.474. The highest BCUT2D eigenvalue weighted by Gasteiger charge is 2.06. The Morgan fingerprint density at radius 2 is 2.21 bits per heavy atom. The number of methoxy groups -OCH3 is 2. The number of likely N-dealkylation sites (N-methyl/N-ethyl adjacent to an activating group) is 1. The van der Waals surface area contributed by atoms with Crippen LogP contribution in [0.3, 0.4) is 0 Å². The normalized spacial score (nSPS) is 10.3. The summed E-state index contributed by atoms with van der Waals surface area (Å²) in [6, 6.07) is 1.49. The summed E-state index contributed by atoms with van der Waals surface area (Å²) < 4.78 is 10.7. The second kappa shape index (κ2) is 7.52. The summed E-state index contributed by atoms with van der Waals surface area (Å²) in [5, 5.41) is 4.03. The summed E-state index contributed by atoms with van der Waals surface area (Å²) in [7, 11) is 4.79. The van der Waals surface area contributed by atoms with E-state index in [2.05, 4.69) is 9.84 Å². The highest BCUT2D eigenvalue weighted by Crippen LogP contribution is 2.06. The third kappa shape index (κ3) is 4.70. The minimum atomic E-state index is -0.366. The largest absolute Gasteiger partial charge is 0.469 e. The number of ether oxygens (including phenoxy) is 2. The fraction of sp³-hybridized carbons (Fsp3) is 0.583. The Morgan fingerprint density at radius 3 is 2.79 bits per heavy atom. The predicted octanol–water partition coefficient (Wildman–Crippen LogP) is -0.111. The summed E-state index contributed by atoms with van der Waals surface area (Å²) in [4.78, 5) is 24.7. The molecule has 0 atom stereocenters. The summed E-state index contributed by atoms with van der Waals surface area (Å²) >= 11 is 0. The number of rotatable bonds is 7. The number of aryl methyl sites for hydroxylation is 1. The fourth-order valence-electron chi connectivity index (χ4n) is 1.46. The number of aromatic nitrogens is 2. The van der Waals surface area contributed by atoms with Crippen molar-refractivity contribution in [2.45, 2.75) is 13.0 Å². The number of anilines is 1. The molecule has 7 nitrogen and oxygen atoms in total. The van der Waals surface area contributed by atoms with Gasteiger partial charge in [-0.3, -0.25) is 9.59 Å². The van der Waals surface area contributed by atoms with Crippen molar-refractivity contribution in [1.29, 1.82) is 0 Å². The maximum absolute atomic E-state index is 11.8. The highest BCUT2D eigenvalue weighted by molar-refractivity contribution is 5.68. The van der Waals surface area contributed by atoms with E-state index in [1.807, 2.05) is 11.9 Å². The predicted molar refractivity (Wildman–Crippen MR) is 70.3 cm³/mol. The quantitative estimate of drug-likeness (QED) is 0.643. The van der Waals surface area contributed by atoms with Crippen molar-refractivity contribution >= 4 is 11.7 Å². The van der Waals surface area contributed by atoms with Gasteiger partial charge in [0.25, 0.3) is 5.56 Å². The fourth-order valence-corrected chi connectivity index (χ4v) is 1.46. The van der Waals surface area contributed by atoms with E-state index < -0.39 is 0 Å².